The maximum absolute atomic E-state index is 10.7. The number of aromatic carboxylic acids is 1. The molecule has 0 aliphatic carbocycles. The van der Waals surface area contributed by atoms with Crippen molar-refractivity contribution in [1.82, 2.24) is 0 Å². The summed E-state index contributed by atoms with van der Waals surface area (Å²) in [5, 5.41) is 10.8. The van der Waals surface area contributed by atoms with Crippen LogP contribution in [-0.2, 0) is 12.2 Å². The molecule has 0 unspecified atom stereocenters. The summed E-state index contributed by atoms with van der Waals surface area (Å²) in [4.78, 5) is 11.3. The predicted octanol–water partition coefficient (Wildman–Crippen LogP) is 2.24. The maximum atomic E-state index is 10.7. The van der Waals surface area contributed by atoms with Crippen molar-refractivity contribution in [3.05, 3.63) is 21.4 Å². The fraction of sp³-hybridized carbons (Fsp3) is 0.375. The highest BCUT2D eigenvalue weighted by molar-refractivity contribution is 7.98. The third kappa shape index (κ3) is 1.25. The molecule has 64 valence electrons. The number of carboxylic acids is 1. The predicted molar refractivity (Wildman–Crippen MR) is 51.1 cm³/mol. The molecule has 1 N–H and O–H groups in total. The Balaban J connectivity index is 2.44. The summed E-state index contributed by atoms with van der Waals surface area (Å²) in [6.45, 7) is 0. The van der Waals surface area contributed by atoms with Crippen LogP contribution >= 0.6 is 23.1 Å². The Bertz CT molecular complexity index is 317. The summed E-state index contributed by atoms with van der Waals surface area (Å²) >= 11 is 3.24. The second-order valence-electron chi connectivity index (χ2n) is 2.68. The number of hydrogen-bond acceptors (Lipinski definition) is 3. The molecule has 1 aliphatic heterocycles. The lowest BCUT2D eigenvalue weighted by molar-refractivity contribution is 0.0701. The number of rotatable bonds is 1. The number of thioether (sulfide) groups is 1. The Labute approximate surface area is 78.6 Å². The average Bonchev–Trinajstić information content (AvgIpc) is 2.47. The van der Waals surface area contributed by atoms with Crippen molar-refractivity contribution in [2.45, 2.75) is 12.2 Å². The van der Waals surface area contributed by atoms with Gasteiger partial charge in [0.25, 0.3) is 0 Å². The number of fused-ring (bicyclic) bond motifs is 1. The molecule has 0 aromatic carbocycles. The highest BCUT2D eigenvalue weighted by atomic mass is 32.2. The summed E-state index contributed by atoms with van der Waals surface area (Å²) in [6, 6.07) is 0. The molecule has 2 heterocycles. The zero-order valence-electron chi connectivity index (χ0n) is 6.37. The first-order valence-electron chi connectivity index (χ1n) is 3.69. The van der Waals surface area contributed by atoms with Gasteiger partial charge >= 0.3 is 5.97 Å². The van der Waals surface area contributed by atoms with Crippen LogP contribution in [-0.4, -0.2) is 16.8 Å². The van der Waals surface area contributed by atoms with Crippen LogP contribution < -0.4 is 0 Å². The Hall–Kier alpha value is -0.480. The fourth-order valence-electron chi connectivity index (χ4n) is 1.35. The van der Waals surface area contributed by atoms with Gasteiger partial charge in [0, 0.05) is 5.75 Å². The van der Waals surface area contributed by atoms with E-state index in [1.165, 1.54) is 16.9 Å². The SMILES string of the molecule is O=C(O)c1scc2c1CCSC2. The van der Waals surface area contributed by atoms with E-state index in [-0.39, 0.29) is 0 Å². The van der Waals surface area contributed by atoms with E-state index in [1.807, 2.05) is 17.1 Å². The van der Waals surface area contributed by atoms with Crippen molar-refractivity contribution in [2.24, 2.45) is 0 Å². The van der Waals surface area contributed by atoms with Crippen molar-refractivity contribution in [3.8, 4) is 0 Å². The van der Waals surface area contributed by atoms with Crippen LogP contribution in [0.5, 0.6) is 0 Å². The van der Waals surface area contributed by atoms with Gasteiger partial charge in [-0.2, -0.15) is 11.8 Å². The molecule has 4 heteroatoms. The van der Waals surface area contributed by atoms with Gasteiger partial charge in [0.2, 0.25) is 0 Å². The minimum atomic E-state index is -0.770. The summed E-state index contributed by atoms with van der Waals surface area (Å²) < 4.78 is 0. The summed E-state index contributed by atoms with van der Waals surface area (Å²) in [5.41, 5.74) is 2.31. The van der Waals surface area contributed by atoms with Gasteiger partial charge < -0.3 is 5.11 Å². The fourth-order valence-corrected chi connectivity index (χ4v) is 3.39. The topological polar surface area (TPSA) is 37.3 Å². The number of carbonyl (C=O) groups is 1. The number of thiophene rings is 1. The zero-order chi connectivity index (χ0) is 8.55. The van der Waals surface area contributed by atoms with Gasteiger partial charge in [-0.25, -0.2) is 4.79 Å². The molecule has 1 aromatic rings. The van der Waals surface area contributed by atoms with Crippen molar-refractivity contribution < 1.29 is 9.90 Å². The van der Waals surface area contributed by atoms with Crippen molar-refractivity contribution in [1.29, 1.82) is 0 Å². The van der Waals surface area contributed by atoms with Crippen molar-refractivity contribution >= 4 is 29.1 Å². The monoisotopic (exact) mass is 200 g/mol. The standard InChI is InChI=1S/C8H8O2S2/c9-8(10)7-6-1-2-11-3-5(6)4-12-7/h4H,1-3H2,(H,9,10). The average molecular weight is 200 g/mol. The second kappa shape index (κ2) is 3.11. The summed E-state index contributed by atoms with van der Waals surface area (Å²) in [7, 11) is 0. The lowest BCUT2D eigenvalue weighted by Gasteiger charge is -2.10. The van der Waals surface area contributed by atoms with Crippen LogP contribution in [0.3, 0.4) is 0 Å². The van der Waals surface area contributed by atoms with Gasteiger partial charge in [0.1, 0.15) is 4.88 Å². The first-order valence-corrected chi connectivity index (χ1v) is 5.73. The molecular formula is C8H8O2S2. The van der Waals surface area contributed by atoms with Gasteiger partial charge in [-0.15, -0.1) is 11.3 Å². The zero-order valence-corrected chi connectivity index (χ0v) is 8.00. The second-order valence-corrected chi connectivity index (χ2v) is 4.66. The Morgan fingerprint density at radius 2 is 2.42 bits per heavy atom. The van der Waals surface area contributed by atoms with Crippen LogP contribution in [0.4, 0.5) is 0 Å². The first kappa shape index (κ1) is 8.13. The van der Waals surface area contributed by atoms with Gasteiger partial charge in [-0.3, -0.25) is 0 Å². The lowest BCUT2D eigenvalue weighted by Crippen LogP contribution is -2.04. The molecule has 0 saturated carbocycles. The molecule has 0 amide bonds. The summed E-state index contributed by atoms with van der Waals surface area (Å²) in [6.07, 6.45) is 0.922. The third-order valence-corrected chi connectivity index (χ3v) is 4.00. The Kier molecular flexibility index (Phi) is 2.11. The van der Waals surface area contributed by atoms with E-state index in [9.17, 15) is 4.79 Å². The first-order chi connectivity index (χ1) is 5.79. The van der Waals surface area contributed by atoms with Crippen molar-refractivity contribution in [3.63, 3.8) is 0 Å². The molecule has 1 aliphatic rings. The van der Waals surface area contributed by atoms with E-state index >= 15 is 0 Å². The Morgan fingerprint density at radius 1 is 1.58 bits per heavy atom. The minimum Gasteiger partial charge on any atom is -0.477 e. The van der Waals surface area contributed by atoms with E-state index in [0.29, 0.717) is 4.88 Å². The van der Waals surface area contributed by atoms with E-state index in [4.69, 9.17) is 5.11 Å². The minimum absolute atomic E-state index is 0.547. The van der Waals surface area contributed by atoms with Gasteiger partial charge in [0.05, 0.1) is 0 Å². The molecule has 0 radical (unpaired) electrons. The lowest BCUT2D eigenvalue weighted by atomic mass is 10.1. The molecular weight excluding hydrogens is 192 g/mol. The van der Waals surface area contributed by atoms with E-state index in [2.05, 4.69) is 0 Å². The molecule has 0 bridgehead atoms. The van der Waals surface area contributed by atoms with Crippen LogP contribution in [0.15, 0.2) is 5.38 Å². The van der Waals surface area contributed by atoms with E-state index in [0.717, 1.165) is 23.5 Å². The van der Waals surface area contributed by atoms with Gasteiger partial charge in [-0.1, -0.05) is 0 Å². The molecule has 0 spiro atoms. The van der Waals surface area contributed by atoms with Crippen LogP contribution in [0.25, 0.3) is 0 Å². The van der Waals surface area contributed by atoms with Crippen LogP contribution in [0.1, 0.15) is 20.8 Å². The molecule has 0 atom stereocenters. The maximum Gasteiger partial charge on any atom is 0.346 e. The molecule has 1 aromatic heterocycles. The Morgan fingerprint density at radius 3 is 3.17 bits per heavy atom. The largest absolute Gasteiger partial charge is 0.477 e. The smallest absolute Gasteiger partial charge is 0.346 e. The third-order valence-electron chi connectivity index (χ3n) is 1.93. The van der Waals surface area contributed by atoms with Gasteiger partial charge in [-0.05, 0) is 28.7 Å². The molecule has 12 heavy (non-hydrogen) atoms. The van der Waals surface area contributed by atoms with E-state index < -0.39 is 5.97 Å². The van der Waals surface area contributed by atoms with Crippen molar-refractivity contribution in [2.75, 3.05) is 5.75 Å². The molecule has 0 fully saturated rings. The van der Waals surface area contributed by atoms with Crippen LogP contribution in [0, 0.1) is 0 Å². The highest BCUT2D eigenvalue weighted by Gasteiger charge is 2.19. The highest BCUT2D eigenvalue weighted by Crippen LogP contribution is 2.31. The normalized spacial score (nSPS) is 15.7. The quantitative estimate of drug-likeness (QED) is 0.755. The molecule has 2 nitrogen and oxygen atoms in total. The van der Waals surface area contributed by atoms with Gasteiger partial charge in [0.15, 0.2) is 0 Å². The number of hydrogen-bond donors (Lipinski definition) is 1. The molecule has 2 rings (SSSR count). The number of carboxylic acid groups (broad SMARTS) is 1. The van der Waals surface area contributed by atoms with Crippen LogP contribution in [0.2, 0.25) is 0 Å². The molecule has 0 saturated heterocycles. The summed E-state index contributed by atoms with van der Waals surface area (Å²) in [5.74, 6) is 1.27. The van der Waals surface area contributed by atoms with E-state index in [1.54, 1.807) is 0 Å².